The Morgan fingerprint density at radius 2 is 2.12 bits per heavy atom. The van der Waals surface area contributed by atoms with Crippen LogP contribution in [0.4, 0.5) is 4.39 Å². The van der Waals surface area contributed by atoms with Crippen molar-refractivity contribution in [2.45, 2.75) is 44.4 Å². The Labute approximate surface area is 110 Å². The topological polar surface area (TPSA) is 0 Å². The molecule has 16 heavy (non-hydrogen) atoms. The summed E-state index contributed by atoms with van der Waals surface area (Å²) in [6, 6.07) is 5.07. The lowest BCUT2D eigenvalue weighted by atomic mass is 10.0. The summed E-state index contributed by atoms with van der Waals surface area (Å²) >= 11 is 9.46. The highest BCUT2D eigenvalue weighted by molar-refractivity contribution is 9.10. The highest BCUT2D eigenvalue weighted by Gasteiger charge is 2.06. The Morgan fingerprint density at radius 1 is 1.38 bits per heavy atom. The lowest BCUT2D eigenvalue weighted by molar-refractivity contribution is 0.589. The molecular weight excluding hydrogens is 290 g/mol. The fourth-order valence-electron chi connectivity index (χ4n) is 1.71. The van der Waals surface area contributed by atoms with Crippen LogP contribution in [0.5, 0.6) is 0 Å². The first-order valence-electron chi connectivity index (χ1n) is 5.71. The van der Waals surface area contributed by atoms with Crippen LogP contribution in [0.2, 0.25) is 0 Å². The predicted molar refractivity (Wildman–Crippen MR) is 71.6 cm³/mol. The van der Waals surface area contributed by atoms with Crippen molar-refractivity contribution in [2.24, 2.45) is 0 Å². The molecule has 1 atom stereocenters. The minimum absolute atomic E-state index is 0.121. The molecule has 90 valence electrons. The molecule has 1 rings (SSSR count). The summed E-state index contributed by atoms with van der Waals surface area (Å²) in [7, 11) is 0. The average Bonchev–Trinajstić information content (AvgIpc) is 2.23. The van der Waals surface area contributed by atoms with Gasteiger partial charge in [-0.1, -0.05) is 29.3 Å². The second kappa shape index (κ2) is 7.29. The van der Waals surface area contributed by atoms with Crippen molar-refractivity contribution in [1.82, 2.24) is 0 Å². The maximum atomic E-state index is 13.4. The first-order valence-corrected chi connectivity index (χ1v) is 6.94. The second-order valence-corrected chi connectivity index (χ2v) is 5.55. The number of halogens is 3. The number of rotatable bonds is 6. The largest absolute Gasteiger partial charge is 0.207 e. The van der Waals surface area contributed by atoms with Crippen LogP contribution in [-0.4, -0.2) is 5.38 Å². The molecule has 0 aliphatic rings. The number of benzene rings is 1. The summed E-state index contributed by atoms with van der Waals surface area (Å²) in [5, 5.41) is 0.236. The number of aryl methyl sites for hydroxylation is 1. The van der Waals surface area contributed by atoms with E-state index in [0.29, 0.717) is 0 Å². The summed E-state index contributed by atoms with van der Waals surface area (Å²) in [6.45, 7) is 2.13. The van der Waals surface area contributed by atoms with Gasteiger partial charge in [0, 0.05) is 9.85 Å². The van der Waals surface area contributed by atoms with Crippen LogP contribution in [0.15, 0.2) is 22.7 Å². The van der Waals surface area contributed by atoms with E-state index in [1.807, 2.05) is 6.07 Å². The Morgan fingerprint density at radius 3 is 2.81 bits per heavy atom. The van der Waals surface area contributed by atoms with E-state index in [1.165, 1.54) is 6.07 Å². The predicted octanol–water partition coefficient (Wildman–Crippen LogP) is 5.32. The molecular formula is C13H17BrClF. The van der Waals surface area contributed by atoms with Crippen LogP contribution in [-0.2, 0) is 6.42 Å². The zero-order chi connectivity index (χ0) is 12.0. The summed E-state index contributed by atoms with van der Waals surface area (Å²) in [6.07, 6.45) is 4.82. The fraction of sp³-hybridized carbons (Fsp3) is 0.538. The third-order valence-electron chi connectivity index (χ3n) is 2.57. The van der Waals surface area contributed by atoms with E-state index < -0.39 is 0 Å². The zero-order valence-electron chi connectivity index (χ0n) is 9.48. The molecule has 1 aromatic rings. The molecule has 0 saturated carbocycles. The molecule has 1 aromatic carbocycles. The molecule has 1 unspecified atom stereocenters. The van der Waals surface area contributed by atoms with E-state index in [9.17, 15) is 4.39 Å². The van der Waals surface area contributed by atoms with Crippen molar-refractivity contribution in [2.75, 3.05) is 0 Å². The van der Waals surface area contributed by atoms with Gasteiger partial charge >= 0.3 is 0 Å². The lowest BCUT2D eigenvalue weighted by Gasteiger charge is -2.08. The molecule has 0 aromatic heterocycles. The van der Waals surface area contributed by atoms with Gasteiger partial charge < -0.3 is 0 Å². The minimum Gasteiger partial charge on any atom is -0.207 e. The fourth-order valence-corrected chi connectivity index (χ4v) is 2.49. The maximum absolute atomic E-state index is 13.4. The standard InChI is InChI=1S/C13H17BrClF/c1-2-4-12(15)6-3-5-10-9-11(14)7-8-13(10)16/h7-9,12H,2-6H2,1H3. The van der Waals surface area contributed by atoms with Gasteiger partial charge in [0.15, 0.2) is 0 Å². The third kappa shape index (κ3) is 4.84. The molecule has 0 aliphatic carbocycles. The highest BCUT2D eigenvalue weighted by Crippen LogP contribution is 2.19. The summed E-state index contributed by atoms with van der Waals surface area (Å²) in [4.78, 5) is 0. The molecule has 0 amide bonds. The van der Waals surface area contributed by atoms with Crippen LogP contribution in [0.25, 0.3) is 0 Å². The quantitative estimate of drug-likeness (QED) is 0.624. The molecule has 0 N–H and O–H groups in total. The summed E-state index contributed by atoms with van der Waals surface area (Å²) < 4.78 is 14.3. The molecule has 0 saturated heterocycles. The van der Waals surface area contributed by atoms with Gasteiger partial charge in [0.2, 0.25) is 0 Å². The van der Waals surface area contributed by atoms with Crippen molar-refractivity contribution in [3.8, 4) is 0 Å². The first kappa shape index (κ1) is 14.0. The molecule has 0 fully saturated rings. The van der Waals surface area contributed by atoms with Crippen LogP contribution >= 0.6 is 27.5 Å². The van der Waals surface area contributed by atoms with Gasteiger partial charge in [-0.2, -0.15) is 0 Å². The monoisotopic (exact) mass is 306 g/mol. The van der Waals surface area contributed by atoms with Crippen molar-refractivity contribution < 1.29 is 4.39 Å². The molecule has 0 heterocycles. The Hall–Kier alpha value is -0.0800. The van der Waals surface area contributed by atoms with Crippen molar-refractivity contribution >= 4 is 27.5 Å². The van der Waals surface area contributed by atoms with Gasteiger partial charge in [-0.3, -0.25) is 0 Å². The van der Waals surface area contributed by atoms with Crippen LogP contribution in [0.1, 0.15) is 38.2 Å². The Bertz CT molecular complexity index is 328. The number of alkyl halides is 1. The maximum Gasteiger partial charge on any atom is 0.126 e. The van der Waals surface area contributed by atoms with E-state index in [-0.39, 0.29) is 11.2 Å². The molecule has 0 bridgehead atoms. The van der Waals surface area contributed by atoms with Crippen molar-refractivity contribution in [1.29, 1.82) is 0 Å². The van der Waals surface area contributed by atoms with Crippen LogP contribution < -0.4 is 0 Å². The van der Waals surface area contributed by atoms with Crippen LogP contribution in [0, 0.1) is 5.82 Å². The van der Waals surface area contributed by atoms with Gasteiger partial charge in [0.05, 0.1) is 0 Å². The first-order chi connectivity index (χ1) is 7.63. The lowest BCUT2D eigenvalue weighted by Crippen LogP contribution is -1.99. The molecule has 0 aliphatic heterocycles. The summed E-state index contributed by atoms with van der Waals surface area (Å²) in [5.74, 6) is -0.121. The minimum atomic E-state index is -0.121. The normalized spacial score (nSPS) is 12.8. The van der Waals surface area contributed by atoms with Gasteiger partial charge in [0.25, 0.3) is 0 Å². The zero-order valence-corrected chi connectivity index (χ0v) is 11.8. The number of hydrogen-bond acceptors (Lipinski definition) is 0. The van der Waals surface area contributed by atoms with E-state index in [2.05, 4.69) is 22.9 Å². The van der Waals surface area contributed by atoms with Gasteiger partial charge in [-0.25, -0.2) is 4.39 Å². The Balaban J connectivity index is 2.39. The van der Waals surface area contributed by atoms with Gasteiger partial charge in [-0.05, 0) is 49.4 Å². The van der Waals surface area contributed by atoms with E-state index in [1.54, 1.807) is 6.07 Å². The van der Waals surface area contributed by atoms with Crippen LogP contribution in [0.3, 0.4) is 0 Å². The van der Waals surface area contributed by atoms with Crippen molar-refractivity contribution in [3.05, 3.63) is 34.1 Å². The van der Waals surface area contributed by atoms with E-state index >= 15 is 0 Å². The van der Waals surface area contributed by atoms with Gasteiger partial charge in [0.1, 0.15) is 5.82 Å². The second-order valence-electron chi connectivity index (χ2n) is 4.01. The van der Waals surface area contributed by atoms with Crippen molar-refractivity contribution in [3.63, 3.8) is 0 Å². The number of hydrogen-bond donors (Lipinski definition) is 0. The molecule has 0 radical (unpaired) electrons. The highest BCUT2D eigenvalue weighted by atomic mass is 79.9. The summed E-state index contributed by atoms with van der Waals surface area (Å²) in [5.41, 5.74) is 0.773. The Kier molecular flexibility index (Phi) is 6.37. The molecule has 0 spiro atoms. The SMILES string of the molecule is CCCC(Cl)CCCc1cc(Br)ccc1F. The average molecular weight is 308 g/mol. The molecule has 3 heteroatoms. The van der Waals surface area contributed by atoms with Gasteiger partial charge in [-0.15, -0.1) is 11.6 Å². The van der Waals surface area contributed by atoms with E-state index in [0.717, 1.165) is 42.1 Å². The van der Waals surface area contributed by atoms with E-state index in [4.69, 9.17) is 11.6 Å². The molecule has 0 nitrogen and oxygen atoms in total. The third-order valence-corrected chi connectivity index (χ3v) is 3.50. The smallest absolute Gasteiger partial charge is 0.126 e.